The molecule has 5 nitrogen and oxygen atoms in total. The van der Waals surface area contributed by atoms with Crippen molar-refractivity contribution in [1.82, 2.24) is 9.78 Å². The average Bonchev–Trinajstić information content (AvgIpc) is 2.67. The Morgan fingerprint density at radius 3 is 1.90 bits per heavy atom. The van der Waals surface area contributed by atoms with Gasteiger partial charge >= 0.3 is 12.4 Å². The summed E-state index contributed by atoms with van der Waals surface area (Å²) in [7, 11) is 0. The first kappa shape index (κ1) is 22.0. The van der Waals surface area contributed by atoms with Crippen LogP contribution >= 0.6 is 0 Å². The lowest BCUT2D eigenvalue weighted by atomic mass is 10.1. The van der Waals surface area contributed by atoms with Crippen LogP contribution in [0.15, 0.2) is 59.4 Å². The Bertz CT molecular complexity index is 1150. The summed E-state index contributed by atoms with van der Waals surface area (Å²) in [5.41, 5.74) is -5.09. The van der Waals surface area contributed by atoms with E-state index in [4.69, 9.17) is 0 Å². The molecule has 31 heavy (non-hydrogen) atoms. The van der Waals surface area contributed by atoms with Crippen LogP contribution in [0.4, 0.5) is 36.4 Å². The summed E-state index contributed by atoms with van der Waals surface area (Å²) in [5.74, 6) is -1.76. The van der Waals surface area contributed by atoms with Gasteiger partial charge in [0.2, 0.25) is 0 Å². The molecule has 0 aliphatic carbocycles. The number of hydrogen-bond donors (Lipinski definition) is 1. The van der Waals surface area contributed by atoms with Crippen molar-refractivity contribution in [3.05, 3.63) is 87.6 Å². The molecule has 162 valence electrons. The van der Waals surface area contributed by atoms with Gasteiger partial charge in [0.05, 0.1) is 16.8 Å². The molecule has 0 radical (unpaired) electrons. The van der Waals surface area contributed by atoms with Crippen LogP contribution in [0.2, 0.25) is 0 Å². The zero-order chi connectivity index (χ0) is 23.0. The van der Waals surface area contributed by atoms with Crippen LogP contribution in [-0.4, -0.2) is 15.7 Å². The molecular formula is C19H10F7N3O2. The second-order valence-electron chi connectivity index (χ2n) is 6.19. The Labute approximate surface area is 168 Å². The van der Waals surface area contributed by atoms with Crippen LogP contribution in [0.3, 0.4) is 0 Å². The molecule has 3 aromatic rings. The number of benzene rings is 2. The molecule has 0 aliphatic heterocycles. The molecule has 0 aliphatic rings. The number of alkyl halides is 6. The Morgan fingerprint density at radius 2 is 1.39 bits per heavy atom. The van der Waals surface area contributed by atoms with Crippen molar-refractivity contribution in [2.75, 3.05) is 5.32 Å². The van der Waals surface area contributed by atoms with Crippen molar-refractivity contribution in [2.45, 2.75) is 12.4 Å². The lowest BCUT2D eigenvalue weighted by Crippen LogP contribution is -2.25. The van der Waals surface area contributed by atoms with E-state index in [9.17, 15) is 40.3 Å². The standard InChI is InChI=1S/C19H10F7N3O2/c20-12-1-3-14(4-2-12)29-16(30)6-5-15(28-29)17(31)27-13-8-10(18(21,22)23)7-11(9-13)19(24,25)26/h1-9H,(H,27,31). The maximum atomic E-state index is 13.1. The molecule has 0 bridgehead atoms. The lowest BCUT2D eigenvalue weighted by Gasteiger charge is -2.15. The minimum absolute atomic E-state index is 0.0807. The maximum Gasteiger partial charge on any atom is 0.416 e. The largest absolute Gasteiger partial charge is 0.416 e. The minimum atomic E-state index is -5.09. The summed E-state index contributed by atoms with van der Waals surface area (Å²) in [4.78, 5) is 24.3. The summed E-state index contributed by atoms with van der Waals surface area (Å²) in [6, 6.07) is 6.88. The van der Waals surface area contributed by atoms with Gasteiger partial charge in [0.1, 0.15) is 11.5 Å². The zero-order valence-electron chi connectivity index (χ0n) is 15.1. The Hall–Kier alpha value is -3.70. The summed E-state index contributed by atoms with van der Waals surface area (Å²) < 4.78 is 91.5. The van der Waals surface area contributed by atoms with Gasteiger partial charge in [-0.25, -0.2) is 4.39 Å². The van der Waals surface area contributed by atoms with Crippen molar-refractivity contribution in [2.24, 2.45) is 0 Å². The molecule has 0 saturated heterocycles. The number of carbonyl (C=O) groups excluding carboxylic acids is 1. The SMILES string of the molecule is O=C(Nc1cc(C(F)(F)F)cc(C(F)(F)F)c1)c1ccc(=O)n(-c2ccc(F)cc2)n1. The van der Waals surface area contributed by atoms with Gasteiger partial charge in [-0.15, -0.1) is 0 Å². The molecule has 0 saturated carbocycles. The fourth-order valence-electron chi connectivity index (χ4n) is 2.52. The van der Waals surface area contributed by atoms with E-state index in [1.54, 1.807) is 0 Å². The molecule has 0 fully saturated rings. The van der Waals surface area contributed by atoms with Crippen LogP contribution in [0.25, 0.3) is 5.69 Å². The molecular weight excluding hydrogens is 435 g/mol. The first-order chi connectivity index (χ1) is 14.3. The maximum absolute atomic E-state index is 13.1. The highest BCUT2D eigenvalue weighted by molar-refractivity contribution is 6.02. The number of nitrogens with zero attached hydrogens (tertiary/aromatic N) is 2. The Kier molecular flexibility index (Phi) is 5.57. The average molecular weight is 445 g/mol. The van der Waals surface area contributed by atoms with Gasteiger partial charge in [-0.1, -0.05) is 0 Å². The number of aromatic nitrogens is 2. The van der Waals surface area contributed by atoms with E-state index in [1.165, 1.54) is 12.1 Å². The van der Waals surface area contributed by atoms with Crippen molar-refractivity contribution in [1.29, 1.82) is 0 Å². The van der Waals surface area contributed by atoms with Gasteiger partial charge in [-0.2, -0.15) is 36.1 Å². The Balaban J connectivity index is 1.97. The van der Waals surface area contributed by atoms with E-state index in [-0.39, 0.29) is 11.8 Å². The number of amides is 1. The fourth-order valence-corrected chi connectivity index (χ4v) is 2.52. The number of anilines is 1. The minimum Gasteiger partial charge on any atom is -0.321 e. The van der Waals surface area contributed by atoms with Crippen LogP contribution in [0, 0.1) is 5.82 Å². The van der Waals surface area contributed by atoms with E-state index >= 15 is 0 Å². The van der Waals surface area contributed by atoms with Gasteiger partial charge < -0.3 is 5.32 Å². The third-order valence-corrected chi connectivity index (χ3v) is 3.95. The number of hydrogen-bond acceptors (Lipinski definition) is 3. The summed E-state index contributed by atoms with van der Waals surface area (Å²) in [6.45, 7) is 0. The second-order valence-corrected chi connectivity index (χ2v) is 6.19. The molecule has 1 N–H and O–H groups in total. The molecule has 0 unspecified atom stereocenters. The molecule has 12 heteroatoms. The molecule has 3 rings (SSSR count). The summed E-state index contributed by atoms with van der Waals surface area (Å²) >= 11 is 0. The number of rotatable bonds is 3. The lowest BCUT2D eigenvalue weighted by molar-refractivity contribution is -0.143. The van der Waals surface area contributed by atoms with Crippen molar-refractivity contribution in [3.63, 3.8) is 0 Å². The highest BCUT2D eigenvalue weighted by Crippen LogP contribution is 2.37. The van der Waals surface area contributed by atoms with Crippen molar-refractivity contribution in [3.8, 4) is 5.69 Å². The van der Waals surface area contributed by atoms with E-state index < -0.39 is 52.1 Å². The highest BCUT2D eigenvalue weighted by Gasteiger charge is 2.37. The zero-order valence-corrected chi connectivity index (χ0v) is 15.1. The molecule has 1 amide bonds. The van der Waals surface area contributed by atoms with Crippen LogP contribution in [-0.2, 0) is 12.4 Å². The van der Waals surface area contributed by atoms with E-state index in [2.05, 4.69) is 5.10 Å². The number of carbonyl (C=O) groups is 1. The third-order valence-electron chi connectivity index (χ3n) is 3.95. The quantitative estimate of drug-likeness (QED) is 0.597. The predicted molar refractivity (Wildman–Crippen MR) is 94.2 cm³/mol. The molecule has 0 spiro atoms. The van der Waals surface area contributed by atoms with Crippen molar-refractivity contribution < 1.29 is 35.5 Å². The van der Waals surface area contributed by atoms with Gasteiger partial charge in [0.25, 0.3) is 11.5 Å². The summed E-state index contributed by atoms with van der Waals surface area (Å²) in [5, 5.41) is 5.65. The van der Waals surface area contributed by atoms with Gasteiger partial charge in [0.15, 0.2) is 0 Å². The number of halogens is 7. The third kappa shape index (κ3) is 5.08. The monoisotopic (exact) mass is 445 g/mol. The number of nitrogens with one attached hydrogen (secondary N) is 1. The molecule has 2 aromatic carbocycles. The first-order valence-electron chi connectivity index (χ1n) is 8.32. The van der Waals surface area contributed by atoms with Crippen LogP contribution < -0.4 is 10.9 Å². The van der Waals surface area contributed by atoms with Gasteiger partial charge in [-0.3, -0.25) is 9.59 Å². The topological polar surface area (TPSA) is 64.0 Å². The highest BCUT2D eigenvalue weighted by atomic mass is 19.4. The predicted octanol–water partition coefficient (Wildman–Crippen LogP) is 4.66. The first-order valence-corrected chi connectivity index (χ1v) is 8.32. The van der Waals surface area contributed by atoms with E-state index in [1.807, 2.05) is 5.32 Å². The van der Waals surface area contributed by atoms with Crippen LogP contribution in [0.5, 0.6) is 0 Å². The summed E-state index contributed by atoms with van der Waals surface area (Å²) in [6.07, 6.45) is -10.2. The normalized spacial score (nSPS) is 12.0. The van der Waals surface area contributed by atoms with Crippen LogP contribution in [0.1, 0.15) is 21.6 Å². The van der Waals surface area contributed by atoms with E-state index in [0.29, 0.717) is 12.1 Å². The Morgan fingerprint density at radius 1 is 0.839 bits per heavy atom. The van der Waals surface area contributed by atoms with Gasteiger partial charge in [-0.05, 0) is 48.5 Å². The molecule has 1 aromatic heterocycles. The second kappa shape index (κ2) is 7.85. The smallest absolute Gasteiger partial charge is 0.321 e. The fraction of sp³-hybridized carbons (Fsp3) is 0.105. The molecule has 1 heterocycles. The molecule has 0 atom stereocenters. The van der Waals surface area contributed by atoms with Crippen molar-refractivity contribution >= 4 is 11.6 Å². The van der Waals surface area contributed by atoms with Gasteiger partial charge in [0, 0.05) is 11.8 Å². The van der Waals surface area contributed by atoms with E-state index in [0.717, 1.165) is 28.9 Å².